The monoisotopic (exact) mass is 934 g/mol. The van der Waals surface area contributed by atoms with Crippen LogP contribution in [-0.4, -0.2) is 14.1 Å². The van der Waals surface area contributed by atoms with E-state index in [1.54, 1.807) is 0 Å². The minimum absolute atomic E-state index is 0.442. The first kappa shape index (κ1) is 43.1. The lowest BCUT2D eigenvalue weighted by molar-refractivity contribution is 0.793. The third-order valence-corrected chi connectivity index (χ3v) is 16.5. The Bertz CT molecular complexity index is 3630. The first-order valence-corrected chi connectivity index (χ1v) is 25.9. The maximum Gasteiger partial charge on any atom is 0.0725 e. The van der Waals surface area contributed by atoms with Crippen LogP contribution in [0.5, 0.6) is 0 Å². The lowest BCUT2D eigenvalue weighted by Gasteiger charge is -2.30. The van der Waals surface area contributed by atoms with Crippen LogP contribution < -0.4 is 9.80 Å². The van der Waals surface area contributed by atoms with E-state index in [0.717, 1.165) is 25.7 Å². The first-order valence-electron chi connectivity index (χ1n) is 25.9. The molecule has 0 atom stereocenters. The van der Waals surface area contributed by atoms with Gasteiger partial charge in [-0.1, -0.05) is 206 Å². The average Bonchev–Trinajstić information content (AvgIpc) is 3.81. The summed E-state index contributed by atoms with van der Waals surface area (Å²) in [6, 6.07) is 82.1. The maximum atomic E-state index is 2.46. The van der Waals surface area contributed by atoms with E-state index >= 15 is 0 Å². The topological polar surface area (TPSA) is 6.48 Å². The number of hydrogen-bond donors (Lipinski definition) is 0. The van der Waals surface area contributed by atoms with E-state index in [1.807, 2.05) is 0 Å². The molecule has 2 nitrogen and oxygen atoms in total. The molecule has 73 heavy (non-hydrogen) atoms. The third kappa shape index (κ3) is 7.07. The number of para-hydroxylation sites is 2. The van der Waals surface area contributed by atoms with Crippen LogP contribution in [0.4, 0.5) is 22.7 Å². The molecule has 0 N–H and O–H groups in total. The van der Waals surface area contributed by atoms with Crippen LogP contribution in [0.2, 0.25) is 0 Å². The van der Waals surface area contributed by atoms with E-state index in [-0.39, 0.29) is 0 Å². The van der Waals surface area contributed by atoms with E-state index < -0.39 is 5.41 Å². The first-order chi connectivity index (χ1) is 36.0. The van der Waals surface area contributed by atoms with Crippen molar-refractivity contribution in [2.24, 2.45) is 0 Å². The molecule has 10 aromatic rings. The van der Waals surface area contributed by atoms with Crippen LogP contribution >= 0.6 is 0 Å². The third-order valence-electron chi connectivity index (χ3n) is 16.5. The van der Waals surface area contributed by atoms with Crippen molar-refractivity contribution in [2.75, 3.05) is 23.9 Å². The summed E-state index contributed by atoms with van der Waals surface area (Å²) >= 11 is 0. The van der Waals surface area contributed by atoms with Crippen LogP contribution in [0.15, 0.2) is 218 Å². The van der Waals surface area contributed by atoms with Crippen molar-refractivity contribution in [3.8, 4) is 44.5 Å². The summed E-state index contributed by atoms with van der Waals surface area (Å²) in [7, 11) is 4.41. The number of nitrogens with zero attached hydrogens (tertiary/aromatic N) is 2. The number of aryl methyl sites for hydroxylation is 4. The van der Waals surface area contributed by atoms with Crippen LogP contribution in [0, 0.1) is 0 Å². The Morgan fingerprint density at radius 3 is 1.08 bits per heavy atom. The zero-order valence-electron chi connectivity index (χ0n) is 41.3. The lowest BCUT2D eigenvalue weighted by Crippen LogP contribution is -2.26. The lowest BCUT2D eigenvalue weighted by atomic mass is 9.70. The number of fused-ring (bicyclic) bond motifs is 14. The summed E-state index contributed by atoms with van der Waals surface area (Å²) in [5, 5.41) is 0. The van der Waals surface area contributed by atoms with Crippen molar-refractivity contribution in [3.05, 3.63) is 285 Å². The average molecular weight is 935 g/mol. The standard InChI is InChI=1S/C71H54N2/c1-72-67-17-9-3-11-53(67)33-35-55-37-39-57(45-69(55)72)51-29-23-47(24-30-51)19-21-49-27-41-61-62-42-28-50(44-66(62)71(65(61)43-49)63-15-7-5-13-59(63)60-14-6-8-16-64(60)71)22-20-48-25-31-52(32-26-48)58-40-38-56-36-34-54-12-4-10-18-68(54)73(2)70(56)46-58/h3-32,37-46H,33-36H2,1-2H3/b21-19+,22-20+. The number of rotatable bonds is 6. The fourth-order valence-corrected chi connectivity index (χ4v) is 12.8. The zero-order chi connectivity index (χ0) is 48.6. The Kier molecular flexibility index (Phi) is 10.2. The van der Waals surface area contributed by atoms with Gasteiger partial charge in [0.2, 0.25) is 0 Å². The molecule has 10 aromatic carbocycles. The smallest absolute Gasteiger partial charge is 0.0725 e. The predicted molar refractivity (Wildman–Crippen MR) is 308 cm³/mol. The van der Waals surface area contributed by atoms with Gasteiger partial charge in [0.1, 0.15) is 0 Å². The fraction of sp³-hybridized carbons (Fsp3) is 0.0986. The summed E-state index contributed by atoms with van der Waals surface area (Å²) in [6.45, 7) is 0. The number of benzene rings is 10. The number of anilines is 4. The molecule has 4 aliphatic rings. The molecule has 0 amide bonds. The van der Waals surface area contributed by atoms with E-state index in [0.29, 0.717) is 0 Å². The van der Waals surface area contributed by atoms with Crippen LogP contribution in [-0.2, 0) is 31.1 Å². The summed E-state index contributed by atoms with van der Waals surface area (Å²) in [5.41, 5.74) is 30.7. The summed E-state index contributed by atoms with van der Waals surface area (Å²) in [5.74, 6) is 0. The molecule has 0 unspecified atom stereocenters. The molecule has 2 aliphatic heterocycles. The highest BCUT2D eigenvalue weighted by molar-refractivity contribution is 5.96. The van der Waals surface area contributed by atoms with Gasteiger partial charge >= 0.3 is 0 Å². The van der Waals surface area contributed by atoms with Crippen molar-refractivity contribution in [1.82, 2.24) is 0 Å². The molecule has 2 heteroatoms. The Morgan fingerprint density at radius 2 is 0.630 bits per heavy atom. The van der Waals surface area contributed by atoms with Gasteiger partial charge in [-0.2, -0.15) is 0 Å². The quantitative estimate of drug-likeness (QED) is 0.153. The van der Waals surface area contributed by atoms with E-state index in [4.69, 9.17) is 0 Å². The van der Waals surface area contributed by atoms with Gasteiger partial charge in [-0.25, -0.2) is 0 Å². The minimum Gasteiger partial charge on any atom is -0.344 e. The zero-order valence-corrected chi connectivity index (χ0v) is 41.3. The van der Waals surface area contributed by atoms with E-state index in [1.165, 1.54) is 134 Å². The predicted octanol–water partition coefficient (Wildman–Crippen LogP) is 17.4. The Labute approximate surface area is 429 Å². The highest BCUT2D eigenvalue weighted by Gasteiger charge is 2.51. The molecular formula is C71H54N2. The normalized spacial score (nSPS) is 14.4. The molecule has 0 saturated heterocycles. The molecule has 2 heterocycles. The second-order valence-corrected chi connectivity index (χ2v) is 20.4. The van der Waals surface area contributed by atoms with Gasteiger partial charge in [0, 0.05) is 36.8 Å². The van der Waals surface area contributed by atoms with Crippen molar-refractivity contribution in [1.29, 1.82) is 0 Å². The molecule has 1 spiro atoms. The molecule has 0 bridgehead atoms. The van der Waals surface area contributed by atoms with Gasteiger partial charge in [0.15, 0.2) is 0 Å². The second kappa shape index (κ2) is 17.3. The molecule has 2 aliphatic carbocycles. The highest BCUT2D eigenvalue weighted by atomic mass is 15.1. The van der Waals surface area contributed by atoms with Crippen LogP contribution in [0.25, 0.3) is 68.8 Å². The van der Waals surface area contributed by atoms with E-state index in [9.17, 15) is 0 Å². The van der Waals surface area contributed by atoms with Crippen molar-refractivity contribution >= 4 is 47.1 Å². The summed E-state index contributed by atoms with van der Waals surface area (Å²) in [6.07, 6.45) is 13.3. The van der Waals surface area contributed by atoms with Gasteiger partial charge in [0.25, 0.3) is 0 Å². The van der Waals surface area contributed by atoms with Gasteiger partial charge in [-0.15, -0.1) is 0 Å². The van der Waals surface area contributed by atoms with Crippen molar-refractivity contribution in [2.45, 2.75) is 31.1 Å². The Hall–Kier alpha value is -8.72. The van der Waals surface area contributed by atoms with Crippen molar-refractivity contribution in [3.63, 3.8) is 0 Å². The van der Waals surface area contributed by atoms with E-state index in [2.05, 4.69) is 267 Å². The highest BCUT2D eigenvalue weighted by Crippen LogP contribution is 2.63. The fourth-order valence-electron chi connectivity index (χ4n) is 12.8. The minimum atomic E-state index is -0.442. The molecule has 0 aromatic heterocycles. The summed E-state index contributed by atoms with van der Waals surface area (Å²) in [4.78, 5) is 4.74. The molecule has 0 fully saturated rings. The molecule has 348 valence electrons. The van der Waals surface area contributed by atoms with Gasteiger partial charge in [0.05, 0.1) is 5.41 Å². The Balaban J connectivity index is 0.766. The van der Waals surface area contributed by atoms with Crippen molar-refractivity contribution < 1.29 is 0 Å². The molecule has 14 rings (SSSR count). The summed E-state index contributed by atoms with van der Waals surface area (Å²) < 4.78 is 0. The SMILES string of the molecule is CN1c2ccccc2CCc2ccc(-c3ccc(/C=C/c4ccc5c(c4)C4(c6ccccc6-c6ccccc64)c4cc(/C=C/c6ccc(-c7ccc8c(c7)N(C)c7ccccc7CC8)cc6)ccc4-5)cc3)cc21. The molecule has 0 radical (unpaired) electrons. The van der Waals surface area contributed by atoms with Crippen LogP contribution in [0.3, 0.4) is 0 Å². The second-order valence-electron chi connectivity index (χ2n) is 20.4. The van der Waals surface area contributed by atoms with Crippen LogP contribution in [0.1, 0.15) is 66.8 Å². The van der Waals surface area contributed by atoms with Gasteiger partial charge in [-0.3, -0.25) is 0 Å². The van der Waals surface area contributed by atoms with Gasteiger partial charge < -0.3 is 9.80 Å². The van der Waals surface area contributed by atoms with Gasteiger partial charge in [-0.05, 0) is 173 Å². The maximum absolute atomic E-state index is 2.46. The molecular weight excluding hydrogens is 881 g/mol. The largest absolute Gasteiger partial charge is 0.344 e. The Morgan fingerprint density at radius 1 is 0.288 bits per heavy atom. The molecule has 0 saturated carbocycles. The number of hydrogen-bond acceptors (Lipinski definition) is 2.